The monoisotopic (exact) mass is 525 g/mol. The molecule has 0 saturated carbocycles. The zero-order valence-corrected chi connectivity index (χ0v) is 20.4. The van der Waals surface area contributed by atoms with Gasteiger partial charge in [-0.2, -0.15) is 0 Å². The van der Waals surface area contributed by atoms with Gasteiger partial charge in [0.15, 0.2) is 0 Å². The molecule has 2 heterocycles. The molecule has 1 aromatic carbocycles. The number of benzene rings is 1. The molecule has 194 valence electrons. The second-order valence-corrected chi connectivity index (χ2v) is 10.2. The van der Waals surface area contributed by atoms with Gasteiger partial charge in [0, 0.05) is 24.6 Å². The number of rotatable bonds is 6. The van der Waals surface area contributed by atoms with Crippen molar-refractivity contribution in [1.82, 2.24) is 9.88 Å². The molecule has 11 nitrogen and oxygen atoms in total. The number of nitrogens with one attached hydrogen (secondary N) is 2. The summed E-state index contributed by atoms with van der Waals surface area (Å²) < 4.78 is 59.3. The summed E-state index contributed by atoms with van der Waals surface area (Å²) in [7, 11) is -2.28. The molecule has 1 aromatic heterocycles. The van der Waals surface area contributed by atoms with E-state index >= 15 is 0 Å². The lowest BCUT2D eigenvalue weighted by Gasteiger charge is -2.42. The van der Waals surface area contributed by atoms with Gasteiger partial charge in [0.1, 0.15) is 5.56 Å². The Morgan fingerprint density at radius 2 is 1.83 bits per heavy atom. The van der Waals surface area contributed by atoms with Crippen LogP contribution >= 0.6 is 0 Å². The van der Waals surface area contributed by atoms with E-state index in [1.165, 1.54) is 44.4 Å². The number of halogens is 2. The first-order valence-electron chi connectivity index (χ1n) is 10.6. The predicted molar refractivity (Wildman–Crippen MR) is 126 cm³/mol. The molecule has 2 aromatic rings. The van der Waals surface area contributed by atoms with Crippen molar-refractivity contribution >= 4 is 39.1 Å². The number of methoxy groups -OCH3 is 1. The Balaban J connectivity index is 1.87. The molecule has 14 heteroatoms. The fraction of sp³-hybridized carbons (Fsp3) is 0.364. The van der Waals surface area contributed by atoms with Crippen LogP contribution in [0.25, 0.3) is 0 Å². The lowest BCUT2D eigenvalue weighted by molar-refractivity contribution is -0.159. The molecule has 0 unspecified atom stereocenters. The normalized spacial score (nSPS) is 19.3. The smallest absolute Gasteiger partial charge is 0.313 e. The second kappa shape index (κ2) is 10.0. The van der Waals surface area contributed by atoms with E-state index in [4.69, 9.17) is 10.5 Å². The first kappa shape index (κ1) is 26.8. The Morgan fingerprint density at radius 1 is 1.19 bits per heavy atom. The van der Waals surface area contributed by atoms with E-state index in [0.29, 0.717) is 5.56 Å². The number of piperidine rings is 1. The summed E-state index contributed by atoms with van der Waals surface area (Å²) >= 11 is 0. The standard InChI is InChI=1S/C22H25F2N5O6S/c1-12-11-29(21(32)19(31)27-15-8-16(18(25)30)20(35-2)26-10-15)17(9-22(12,23)24)13-4-6-14(7-5-13)28-36(3,33)34/h4-8,10,12,17,28H,9,11H2,1-3H3,(H2,25,30)(H,27,31)/t12-,17-/m0/s1. The molecule has 1 fully saturated rings. The van der Waals surface area contributed by atoms with Gasteiger partial charge in [-0.1, -0.05) is 19.1 Å². The number of anilines is 2. The molecule has 1 saturated heterocycles. The summed E-state index contributed by atoms with van der Waals surface area (Å²) in [6, 6.07) is 5.60. The highest BCUT2D eigenvalue weighted by Crippen LogP contribution is 2.43. The summed E-state index contributed by atoms with van der Waals surface area (Å²) in [6.07, 6.45) is 1.38. The SMILES string of the molecule is COc1ncc(NC(=O)C(=O)N2C[C@H](C)C(F)(F)C[C@H]2c2ccc(NS(C)(=O)=O)cc2)cc1C(N)=O. The number of nitrogens with two attached hydrogens (primary N) is 1. The molecule has 0 spiro atoms. The van der Waals surface area contributed by atoms with E-state index in [1.54, 1.807) is 0 Å². The lowest BCUT2D eigenvalue weighted by atomic mass is 9.86. The van der Waals surface area contributed by atoms with Crippen LogP contribution in [0.3, 0.4) is 0 Å². The number of amides is 3. The molecule has 2 atom stereocenters. The van der Waals surface area contributed by atoms with E-state index in [9.17, 15) is 31.6 Å². The molecule has 0 aliphatic carbocycles. The zero-order valence-electron chi connectivity index (χ0n) is 19.6. The van der Waals surface area contributed by atoms with Crippen molar-refractivity contribution in [3.05, 3.63) is 47.7 Å². The Morgan fingerprint density at radius 3 is 2.39 bits per heavy atom. The zero-order chi connectivity index (χ0) is 26.8. The van der Waals surface area contributed by atoms with Gasteiger partial charge in [0.05, 0.1) is 31.3 Å². The van der Waals surface area contributed by atoms with Gasteiger partial charge >= 0.3 is 11.8 Å². The van der Waals surface area contributed by atoms with E-state index in [2.05, 4.69) is 15.0 Å². The second-order valence-electron chi connectivity index (χ2n) is 8.43. The number of sulfonamides is 1. The van der Waals surface area contributed by atoms with Gasteiger partial charge in [-0.15, -0.1) is 0 Å². The highest BCUT2D eigenvalue weighted by molar-refractivity contribution is 7.92. The number of likely N-dealkylation sites (tertiary alicyclic amines) is 1. The van der Waals surface area contributed by atoms with Crippen LogP contribution in [0.2, 0.25) is 0 Å². The molecule has 4 N–H and O–H groups in total. The number of ether oxygens (including phenoxy) is 1. The number of primary amides is 1. The molecular formula is C22H25F2N5O6S. The quantitative estimate of drug-likeness (QED) is 0.484. The summed E-state index contributed by atoms with van der Waals surface area (Å²) in [6.45, 7) is 0.876. The minimum absolute atomic E-state index is 0.0221. The number of hydrogen-bond acceptors (Lipinski definition) is 7. The third-order valence-corrected chi connectivity index (χ3v) is 6.26. The number of hydrogen-bond donors (Lipinski definition) is 3. The first-order valence-corrected chi connectivity index (χ1v) is 12.5. The number of nitrogens with zero attached hydrogens (tertiary/aromatic N) is 2. The van der Waals surface area contributed by atoms with Gasteiger partial charge in [0.25, 0.3) is 11.8 Å². The first-order chi connectivity index (χ1) is 16.7. The fourth-order valence-electron chi connectivity index (χ4n) is 3.81. The number of carbonyl (C=O) groups is 3. The predicted octanol–water partition coefficient (Wildman–Crippen LogP) is 1.74. The van der Waals surface area contributed by atoms with Gasteiger partial charge in [0.2, 0.25) is 15.9 Å². The Hall–Kier alpha value is -3.81. The Kier molecular flexibility index (Phi) is 7.48. The van der Waals surface area contributed by atoms with Crippen LogP contribution < -0.4 is 20.5 Å². The van der Waals surface area contributed by atoms with Crippen LogP contribution in [0.5, 0.6) is 5.88 Å². The van der Waals surface area contributed by atoms with E-state index in [-0.39, 0.29) is 22.8 Å². The number of pyridine rings is 1. The van der Waals surface area contributed by atoms with Crippen molar-refractivity contribution in [3.63, 3.8) is 0 Å². The topological polar surface area (TPSA) is 161 Å². The maximum atomic E-state index is 14.6. The van der Waals surface area contributed by atoms with Crippen LogP contribution in [-0.2, 0) is 19.6 Å². The van der Waals surface area contributed by atoms with Crippen molar-refractivity contribution in [3.8, 4) is 5.88 Å². The maximum Gasteiger partial charge on any atom is 0.313 e. The highest BCUT2D eigenvalue weighted by atomic mass is 32.2. The third-order valence-electron chi connectivity index (χ3n) is 5.65. The number of alkyl halides is 2. The average molecular weight is 526 g/mol. The van der Waals surface area contributed by atoms with Crippen LogP contribution in [0.15, 0.2) is 36.5 Å². The molecule has 36 heavy (non-hydrogen) atoms. The van der Waals surface area contributed by atoms with Crippen molar-refractivity contribution in [2.75, 3.05) is 29.9 Å². The van der Waals surface area contributed by atoms with E-state index in [1.807, 2.05) is 0 Å². The van der Waals surface area contributed by atoms with Crippen LogP contribution in [0.1, 0.15) is 35.3 Å². The molecule has 0 radical (unpaired) electrons. The molecule has 1 aliphatic rings. The van der Waals surface area contributed by atoms with E-state index < -0.39 is 58.6 Å². The summed E-state index contributed by atoms with van der Waals surface area (Å²) in [5.74, 6) is -7.48. The summed E-state index contributed by atoms with van der Waals surface area (Å²) in [4.78, 5) is 42.3. The average Bonchev–Trinajstić information content (AvgIpc) is 2.79. The van der Waals surface area contributed by atoms with Gasteiger partial charge in [-0.3, -0.25) is 19.1 Å². The molecule has 1 aliphatic heterocycles. The Labute approximate surface area is 206 Å². The minimum Gasteiger partial charge on any atom is -0.480 e. The molecular weight excluding hydrogens is 500 g/mol. The van der Waals surface area contributed by atoms with Gasteiger partial charge in [-0.05, 0) is 23.8 Å². The van der Waals surface area contributed by atoms with Crippen molar-refractivity contribution in [2.24, 2.45) is 11.7 Å². The minimum atomic E-state index is -3.55. The van der Waals surface area contributed by atoms with Crippen LogP contribution in [0.4, 0.5) is 20.2 Å². The van der Waals surface area contributed by atoms with Crippen LogP contribution in [-0.4, -0.2) is 61.9 Å². The van der Waals surface area contributed by atoms with Gasteiger partial charge in [-0.25, -0.2) is 22.2 Å². The highest BCUT2D eigenvalue weighted by Gasteiger charge is 2.48. The molecule has 3 rings (SSSR count). The number of carbonyl (C=O) groups excluding carboxylic acids is 3. The largest absolute Gasteiger partial charge is 0.480 e. The Bertz CT molecular complexity index is 1290. The van der Waals surface area contributed by atoms with E-state index in [0.717, 1.165) is 17.4 Å². The lowest BCUT2D eigenvalue weighted by Crippen LogP contribution is -2.52. The summed E-state index contributed by atoms with van der Waals surface area (Å²) in [5.41, 5.74) is 5.63. The van der Waals surface area contributed by atoms with Crippen LogP contribution in [0, 0.1) is 5.92 Å². The van der Waals surface area contributed by atoms with Crippen molar-refractivity contribution in [2.45, 2.75) is 25.3 Å². The fourth-order valence-corrected chi connectivity index (χ4v) is 4.37. The van der Waals surface area contributed by atoms with Gasteiger partial charge < -0.3 is 20.7 Å². The molecule has 3 amide bonds. The van der Waals surface area contributed by atoms with Crippen molar-refractivity contribution in [1.29, 1.82) is 0 Å². The summed E-state index contributed by atoms with van der Waals surface area (Å²) in [5, 5.41) is 2.31. The van der Waals surface area contributed by atoms with Crippen molar-refractivity contribution < 1.29 is 36.3 Å². The third kappa shape index (κ3) is 6.05. The maximum absolute atomic E-state index is 14.6. The number of aromatic nitrogens is 1. The molecule has 0 bridgehead atoms.